The van der Waals surface area contributed by atoms with Crippen molar-refractivity contribution in [2.24, 2.45) is 0 Å². The Balaban J connectivity index is 1.96. The zero-order valence-corrected chi connectivity index (χ0v) is 17.7. The fraction of sp³-hybridized carbons (Fsp3) is 0.381. The number of benzene rings is 1. The third-order valence-corrected chi connectivity index (χ3v) is 3.74. The van der Waals surface area contributed by atoms with E-state index < -0.39 is 24.5 Å². The SMILES string of the molecule is CCOc1cc(C(=O)OCC(=O)NC(=O)NCc2ccco2)cc(OCC)c1OCC. The summed E-state index contributed by atoms with van der Waals surface area (Å²) in [4.78, 5) is 36.0. The van der Waals surface area contributed by atoms with Gasteiger partial charge in [0.15, 0.2) is 18.1 Å². The van der Waals surface area contributed by atoms with E-state index in [9.17, 15) is 14.4 Å². The van der Waals surface area contributed by atoms with E-state index in [1.807, 2.05) is 6.92 Å². The summed E-state index contributed by atoms with van der Waals surface area (Å²) in [6.45, 7) is 5.94. The molecule has 3 amide bonds. The van der Waals surface area contributed by atoms with Gasteiger partial charge in [0, 0.05) is 0 Å². The third-order valence-electron chi connectivity index (χ3n) is 3.74. The number of rotatable bonds is 11. The quantitative estimate of drug-likeness (QED) is 0.517. The lowest BCUT2D eigenvalue weighted by Crippen LogP contribution is -2.41. The topological polar surface area (TPSA) is 125 Å². The van der Waals surface area contributed by atoms with Crippen LogP contribution in [-0.2, 0) is 16.1 Å². The number of amides is 3. The monoisotopic (exact) mass is 434 g/mol. The second-order valence-corrected chi connectivity index (χ2v) is 5.99. The maximum Gasteiger partial charge on any atom is 0.338 e. The highest BCUT2D eigenvalue weighted by molar-refractivity contribution is 5.97. The molecule has 1 aromatic heterocycles. The number of nitrogens with one attached hydrogen (secondary N) is 2. The minimum Gasteiger partial charge on any atom is -0.490 e. The predicted octanol–water partition coefficient (Wildman–Crippen LogP) is 2.66. The maximum atomic E-state index is 12.4. The van der Waals surface area contributed by atoms with Gasteiger partial charge >= 0.3 is 12.0 Å². The smallest absolute Gasteiger partial charge is 0.338 e. The summed E-state index contributed by atoms with van der Waals surface area (Å²) in [6.07, 6.45) is 1.47. The lowest BCUT2D eigenvalue weighted by molar-refractivity contribution is -0.123. The molecule has 0 bridgehead atoms. The van der Waals surface area contributed by atoms with Crippen LogP contribution in [0.5, 0.6) is 17.2 Å². The molecule has 0 fully saturated rings. The number of hydrogen-bond donors (Lipinski definition) is 2. The standard InChI is InChI=1S/C21H26N2O8/c1-4-27-16-10-14(11-17(28-5-2)19(16)29-6-3)20(25)31-13-18(24)23-21(26)22-12-15-8-7-9-30-15/h7-11H,4-6,12-13H2,1-3H3,(H2,22,23,24,26). The first-order chi connectivity index (χ1) is 15.0. The van der Waals surface area contributed by atoms with Crippen molar-refractivity contribution in [2.75, 3.05) is 26.4 Å². The minimum absolute atomic E-state index is 0.110. The Morgan fingerprint density at radius 2 is 1.61 bits per heavy atom. The molecular weight excluding hydrogens is 408 g/mol. The van der Waals surface area contributed by atoms with E-state index in [0.29, 0.717) is 42.8 Å². The number of furan rings is 1. The maximum absolute atomic E-state index is 12.4. The van der Waals surface area contributed by atoms with Crippen LogP contribution in [0.25, 0.3) is 0 Å². The summed E-state index contributed by atoms with van der Waals surface area (Å²) >= 11 is 0. The number of urea groups is 1. The molecular formula is C21H26N2O8. The number of carbonyl (C=O) groups is 3. The van der Waals surface area contributed by atoms with Crippen molar-refractivity contribution in [3.63, 3.8) is 0 Å². The molecule has 0 radical (unpaired) electrons. The van der Waals surface area contributed by atoms with Gasteiger partial charge in [-0.15, -0.1) is 0 Å². The van der Waals surface area contributed by atoms with E-state index >= 15 is 0 Å². The zero-order chi connectivity index (χ0) is 22.6. The van der Waals surface area contributed by atoms with Crippen LogP contribution in [0.2, 0.25) is 0 Å². The van der Waals surface area contributed by atoms with Crippen LogP contribution in [0, 0.1) is 0 Å². The van der Waals surface area contributed by atoms with Gasteiger partial charge in [-0.25, -0.2) is 9.59 Å². The van der Waals surface area contributed by atoms with Gasteiger partial charge < -0.3 is 28.7 Å². The number of esters is 1. The molecule has 0 atom stereocenters. The Morgan fingerprint density at radius 1 is 0.968 bits per heavy atom. The first-order valence-corrected chi connectivity index (χ1v) is 9.82. The molecule has 0 aliphatic carbocycles. The molecule has 0 aliphatic rings. The van der Waals surface area contributed by atoms with Crippen molar-refractivity contribution in [2.45, 2.75) is 27.3 Å². The number of imide groups is 1. The Hall–Kier alpha value is -3.69. The molecule has 0 saturated heterocycles. The van der Waals surface area contributed by atoms with Crippen molar-refractivity contribution in [3.8, 4) is 17.2 Å². The van der Waals surface area contributed by atoms with Crippen molar-refractivity contribution >= 4 is 17.9 Å². The second kappa shape index (κ2) is 12.1. The van der Waals surface area contributed by atoms with Crippen molar-refractivity contribution in [3.05, 3.63) is 41.9 Å². The van der Waals surface area contributed by atoms with Gasteiger partial charge in [-0.2, -0.15) is 0 Å². The Kier molecular flexibility index (Phi) is 9.21. The van der Waals surface area contributed by atoms with Crippen LogP contribution in [0.4, 0.5) is 4.79 Å². The summed E-state index contributed by atoms with van der Waals surface area (Å²) in [7, 11) is 0. The summed E-state index contributed by atoms with van der Waals surface area (Å²) in [5, 5.41) is 4.51. The van der Waals surface area contributed by atoms with E-state index in [4.69, 9.17) is 23.4 Å². The number of carbonyl (C=O) groups excluding carboxylic acids is 3. The molecule has 2 aromatic rings. The highest BCUT2D eigenvalue weighted by Gasteiger charge is 2.20. The van der Waals surface area contributed by atoms with Gasteiger partial charge in [0.25, 0.3) is 5.91 Å². The summed E-state index contributed by atoms with van der Waals surface area (Å²) in [5.74, 6) is -0.0103. The van der Waals surface area contributed by atoms with E-state index in [1.54, 1.807) is 26.0 Å². The van der Waals surface area contributed by atoms with Crippen LogP contribution in [0.15, 0.2) is 34.9 Å². The molecule has 168 valence electrons. The number of hydrogen-bond acceptors (Lipinski definition) is 8. The lowest BCUT2D eigenvalue weighted by atomic mass is 10.2. The molecule has 10 heteroatoms. The first kappa shape index (κ1) is 23.6. The summed E-state index contributed by atoms with van der Waals surface area (Å²) in [5.41, 5.74) is 0.116. The van der Waals surface area contributed by atoms with Crippen LogP contribution in [0.3, 0.4) is 0 Å². The Bertz CT molecular complexity index is 853. The number of ether oxygens (including phenoxy) is 4. The van der Waals surface area contributed by atoms with Gasteiger partial charge in [0.2, 0.25) is 5.75 Å². The van der Waals surface area contributed by atoms with Gasteiger partial charge in [-0.3, -0.25) is 10.1 Å². The van der Waals surface area contributed by atoms with Gasteiger partial charge in [0.05, 0.1) is 38.2 Å². The van der Waals surface area contributed by atoms with Crippen molar-refractivity contribution in [1.29, 1.82) is 0 Å². The van der Waals surface area contributed by atoms with E-state index in [2.05, 4.69) is 10.6 Å². The zero-order valence-electron chi connectivity index (χ0n) is 17.7. The molecule has 10 nitrogen and oxygen atoms in total. The predicted molar refractivity (Wildman–Crippen MR) is 109 cm³/mol. The van der Waals surface area contributed by atoms with Crippen LogP contribution < -0.4 is 24.8 Å². The average molecular weight is 434 g/mol. The van der Waals surface area contributed by atoms with Gasteiger partial charge in [-0.05, 0) is 45.0 Å². The normalized spacial score (nSPS) is 10.2. The summed E-state index contributed by atoms with van der Waals surface area (Å²) < 4.78 is 26.8. The lowest BCUT2D eigenvalue weighted by Gasteiger charge is -2.16. The highest BCUT2D eigenvalue weighted by Crippen LogP contribution is 2.39. The summed E-state index contributed by atoms with van der Waals surface area (Å²) in [6, 6.07) is 5.51. The van der Waals surface area contributed by atoms with Crippen molar-refractivity contribution < 1.29 is 37.7 Å². The molecule has 0 spiro atoms. The molecule has 0 unspecified atom stereocenters. The van der Waals surface area contributed by atoms with Crippen LogP contribution >= 0.6 is 0 Å². The largest absolute Gasteiger partial charge is 0.490 e. The van der Waals surface area contributed by atoms with Gasteiger partial charge in [0.1, 0.15) is 5.76 Å². The molecule has 2 rings (SSSR count). The van der Waals surface area contributed by atoms with Crippen LogP contribution in [-0.4, -0.2) is 44.3 Å². The molecule has 2 N–H and O–H groups in total. The minimum atomic E-state index is -0.786. The Labute approximate surface area is 179 Å². The van der Waals surface area contributed by atoms with E-state index in [1.165, 1.54) is 18.4 Å². The fourth-order valence-electron chi connectivity index (χ4n) is 2.51. The fourth-order valence-corrected chi connectivity index (χ4v) is 2.51. The molecule has 31 heavy (non-hydrogen) atoms. The van der Waals surface area contributed by atoms with E-state index in [-0.39, 0.29) is 12.1 Å². The molecule has 0 aliphatic heterocycles. The van der Waals surface area contributed by atoms with Crippen LogP contribution in [0.1, 0.15) is 36.9 Å². The van der Waals surface area contributed by atoms with E-state index in [0.717, 1.165) is 0 Å². The third kappa shape index (κ3) is 7.25. The average Bonchev–Trinajstić information content (AvgIpc) is 3.26. The highest BCUT2D eigenvalue weighted by atomic mass is 16.5. The molecule has 1 aromatic carbocycles. The Morgan fingerprint density at radius 3 is 2.16 bits per heavy atom. The second-order valence-electron chi connectivity index (χ2n) is 5.99. The van der Waals surface area contributed by atoms with Crippen molar-refractivity contribution in [1.82, 2.24) is 10.6 Å². The first-order valence-electron chi connectivity index (χ1n) is 9.82. The molecule has 0 saturated carbocycles. The van der Waals surface area contributed by atoms with Gasteiger partial charge in [-0.1, -0.05) is 0 Å². The molecule has 1 heterocycles.